The molecule has 1 aliphatic heterocycles. The van der Waals surface area contributed by atoms with Gasteiger partial charge in [-0.15, -0.1) is 0 Å². The number of carbonyl (C=O) groups is 1. The largest absolute Gasteiger partial charge is 0.465 e. The van der Waals surface area contributed by atoms with Crippen molar-refractivity contribution in [3.8, 4) is 0 Å². The third-order valence-electron chi connectivity index (χ3n) is 4.09. The van der Waals surface area contributed by atoms with Crippen LogP contribution in [0.5, 0.6) is 0 Å². The highest BCUT2D eigenvalue weighted by Gasteiger charge is 2.34. The summed E-state index contributed by atoms with van der Waals surface area (Å²) >= 11 is 0. The second kappa shape index (κ2) is 8.60. The predicted molar refractivity (Wildman–Crippen MR) is 79.8 cm³/mol. The number of rotatable bonds is 8. The molecular weight excluding hydrogens is 256 g/mol. The first-order valence-electron chi connectivity index (χ1n) is 7.73. The summed E-state index contributed by atoms with van der Waals surface area (Å²) in [7, 11) is 1.78. The smallest absolute Gasteiger partial charge is 0.326 e. The minimum Gasteiger partial charge on any atom is -0.465 e. The van der Waals surface area contributed by atoms with Crippen molar-refractivity contribution < 1.29 is 14.3 Å². The normalized spacial score (nSPS) is 20.6. The number of methoxy groups -OCH3 is 1. The van der Waals surface area contributed by atoms with E-state index in [2.05, 4.69) is 10.2 Å². The summed E-state index contributed by atoms with van der Waals surface area (Å²) in [5, 5.41) is 3.28. The highest BCUT2D eigenvalue weighted by Crippen LogP contribution is 2.17. The number of esters is 1. The molecule has 1 atom stereocenters. The molecule has 5 heteroatoms. The van der Waals surface area contributed by atoms with Gasteiger partial charge in [-0.25, -0.2) is 0 Å². The summed E-state index contributed by atoms with van der Waals surface area (Å²) in [6.45, 7) is 10.0. The molecule has 1 fully saturated rings. The van der Waals surface area contributed by atoms with E-state index in [0.717, 1.165) is 45.4 Å². The zero-order valence-corrected chi connectivity index (χ0v) is 13.4. The Balaban J connectivity index is 2.44. The summed E-state index contributed by atoms with van der Waals surface area (Å²) in [5.74, 6) is -0.145. The van der Waals surface area contributed by atoms with Crippen LogP contribution in [-0.2, 0) is 14.3 Å². The zero-order chi connectivity index (χ0) is 15.0. The van der Waals surface area contributed by atoms with Crippen LogP contribution < -0.4 is 5.32 Å². The van der Waals surface area contributed by atoms with Crippen LogP contribution in [0.2, 0.25) is 0 Å². The van der Waals surface area contributed by atoms with Gasteiger partial charge in [-0.2, -0.15) is 0 Å². The zero-order valence-electron chi connectivity index (χ0n) is 13.4. The number of likely N-dealkylation sites (N-methyl/N-ethyl adjacent to an activating group) is 1. The number of hydrogen-bond donors (Lipinski definition) is 1. The fourth-order valence-corrected chi connectivity index (χ4v) is 2.69. The molecule has 0 radical (unpaired) electrons. The number of nitrogens with one attached hydrogen (secondary N) is 1. The quantitative estimate of drug-likeness (QED) is 0.684. The minimum absolute atomic E-state index is 0.145. The average Bonchev–Trinajstić information content (AvgIpc) is 2.46. The molecule has 0 aliphatic carbocycles. The van der Waals surface area contributed by atoms with Crippen LogP contribution in [0.3, 0.4) is 0 Å². The van der Waals surface area contributed by atoms with Gasteiger partial charge in [0.2, 0.25) is 0 Å². The lowest BCUT2D eigenvalue weighted by Crippen LogP contribution is -2.52. The Bertz CT molecular complexity index is 291. The van der Waals surface area contributed by atoms with Crippen LogP contribution in [0.4, 0.5) is 0 Å². The second-order valence-electron chi connectivity index (χ2n) is 5.61. The van der Waals surface area contributed by atoms with Gasteiger partial charge in [0.05, 0.1) is 12.7 Å². The average molecular weight is 286 g/mol. The Kier molecular flexibility index (Phi) is 7.48. The van der Waals surface area contributed by atoms with E-state index >= 15 is 0 Å². The van der Waals surface area contributed by atoms with Gasteiger partial charge >= 0.3 is 5.97 Å². The van der Waals surface area contributed by atoms with Crippen molar-refractivity contribution in [2.75, 3.05) is 39.9 Å². The lowest BCUT2D eigenvalue weighted by atomic mass is 9.96. The molecule has 0 amide bonds. The molecule has 0 spiro atoms. The summed E-state index contributed by atoms with van der Waals surface area (Å²) < 4.78 is 10.6. The van der Waals surface area contributed by atoms with E-state index in [1.807, 2.05) is 20.8 Å². The predicted octanol–water partition coefficient (Wildman–Crippen LogP) is 1.42. The van der Waals surface area contributed by atoms with Gasteiger partial charge in [0.15, 0.2) is 0 Å². The first-order chi connectivity index (χ1) is 9.55. The standard InChI is InChI=1S/C15H30N2O3/c1-5-16-15(3,14(18)20-6-2)9-12-17-10-7-13(19-4)8-11-17/h13,16H,5-12H2,1-4H3. The maximum Gasteiger partial charge on any atom is 0.326 e. The third kappa shape index (κ3) is 5.04. The van der Waals surface area contributed by atoms with Crippen LogP contribution >= 0.6 is 0 Å². The molecular formula is C15H30N2O3. The minimum atomic E-state index is -0.580. The Labute approximate surface area is 123 Å². The number of carbonyl (C=O) groups excluding carboxylic acids is 1. The number of hydrogen-bond acceptors (Lipinski definition) is 5. The molecule has 1 unspecified atom stereocenters. The molecule has 1 N–H and O–H groups in total. The van der Waals surface area contributed by atoms with Crippen molar-refractivity contribution in [2.24, 2.45) is 0 Å². The van der Waals surface area contributed by atoms with Crippen LogP contribution in [-0.4, -0.2) is 62.4 Å². The Hall–Kier alpha value is -0.650. The monoisotopic (exact) mass is 286 g/mol. The van der Waals surface area contributed by atoms with Gasteiger partial charge in [0.25, 0.3) is 0 Å². The molecule has 0 aromatic heterocycles. The highest BCUT2D eigenvalue weighted by atomic mass is 16.5. The first-order valence-corrected chi connectivity index (χ1v) is 7.73. The molecule has 5 nitrogen and oxygen atoms in total. The van der Waals surface area contributed by atoms with E-state index in [4.69, 9.17) is 9.47 Å². The summed E-state index contributed by atoms with van der Waals surface area (Å²) in [6, 6.07) is 0. The van der Waals surface area contributed by atoms with Crippen molar-refractivity contribution in [2.45, 2.75) is 51.7 Å². The second-order valence-corrected chi connectivity index (χ2v) is 5.61. The molecule has 1 heterocycles. The molecule has 1 aliphatic rings. The van der Waals surface area contributed by atoms with E-state index in [-0.39, 0.29) is 5.97 Å². The summed E-state index contributed by atoms with van der Waals surface area (Å²) in [6.07, 6.45) is 3.33. The fraction of sp³-hybridized carbons (Fsp3) is 0.933. The maximum absolute atomic E-state index is 12.1. The van der Waals surface area contributed by atoms with Crippen LogP contribution in [0.25, 0.3) is 0 Å². The van der Waals surface area contributed by atoms with Gasteiger partial charge in [-0.1, -0.05) is 6.92 Å². The van der Waals surface area contributed by atoms with Crippen molar-refractivity contribution in [1.82, 2.24) is 10.2 Å². The van der Waals surface area contributed by atoms with E-state index in [9.17, 15) is 4.79 Å². The Morgan fingerprint density at radius 3 is 2.50 bits per heavy atom. The van der Waals surface area contributed by atoms with Crippen molar-refractivity contribution in [3.63, 3.8) is 0 Å². The number of ether oxygens (including phenoxy) is 2. The first kappa shape index (κ1) is 17.4. The molecule has 0 bridgehead atoms. The highest BCUT2D eigenvalue weighted by molar-refractivity contribution is 5.80. The van der Waals surface area contributed by atoms with E-state index in [1.54, 1.807) is 7.11 Å². The van der Waals surface area contributed by atoms with Crippen LogP contribution in [0.1, 0.15) is 40.0 Å². The molecule has 1 saturated heterocycles. The molecule has 0 aromatic rings. The Morgan fingerprint density at radius 2 is 2.00 bits per heavy atom. The van der Waals surface area contributed by atoms with E-state index < -0.39 is 5.54 Å². The molecule has 20 heavy (non-hydrogen) atoms. The molecule has 0 saturated carbocycles. The summed E-state index contributed by atoms with van der Waals surface area (Å²) in [4.78, 5) is 14.5. The van der Waals surface area contributed by atoms with E-state index in [1.165, 1.54) is 0 Å². The van der Waals surface area contributed by atoms with Crippen molar-refractivity contribution in [1.29, 1.82) is 0 Å². The lowest BCUT2D eigenvalue weighted by molar-refractivity contribution is -0.151. The van der Waals surface area contributed by atoms with Gasteiger partial charge in [0.1, 0.15) is 5.54 Å². The van der Waals surface area contributed by atoms with Crippen LogP contribution in [0, 0.1) is 0 Å². The SMILES string of the molecule is CCNC(C)(CCN1CCC(OC)CC1)C(=O)OCC. The number of likely N-dealkylation sites (tertiary alicyclic amines) is 1. The summed E-state index contributed by atoms with van der Waals surface area (Å²) in [5.41, 5.74) is -0.580. The molecule has 1 rings (SSSR count). The molecule has 0 aromatic carbocycles. The van der Waals surface area contributed by atoms with Crippen molar-refractivity contribution in [3.05, 3.63) is 0 Å². The fourth-order valence-electron chi connectivity index (χ4n) is 2.69. The van der Waals surface area contributed by atoms with E-state index in [0.29, 0.717) is 12.7 Å². The topological polar surface area (TPSA) is 50.8 Å². The van der Waals surface area contributed by atoms with Gasteiger partial charge < -0.3 is 19.7 Å². The van der Waals surface area contributed by atoms with Crippen LogP contribution in [0.15, 0.2) is 0 Å². The number of nitrogens with zero attached hydrogens (tertiary/aromatic N) is 1. The van der Waals surface area contributed by atoms with Gasteiger partial charge in [-0.3, -0.25) is 4.79 Å². The van der Waals surface area contributed by atoms with Gasteiger partial charge in [-0.05, 0) is 39.7 Å². The van der Waals surface area contributed by atoms with Gasteiger partial charge in [0, 0.05) is 26.7 Å². The third-order valence-corrected chi connectivity index (χ3v) is 4.09. The Morgan fingerprint density at radius 1 is 1.35 bits per heavy atom. The lowest BCUT2D eigenvalue weighted by Gasteiger charge is -2.34. The van der Waals surface area contributed by atoms with Crippen molar-refractivity contribution >= 4 is 5.97 Å². The number of piperidine rings is 1. The molecule has 118 valence electrons. The maximum atomic E-state index is 12.1.